The molecule has 0 unspecified atom stereocenters. The van der Waals surface area contributed by atoms with Crippen molar-refractivity contribution < 1.29 is 9.53 Å². The van der Waals surface area contributed by atoms with Crippen LogP contribution in [0.15, 0.2) is 10.9 Å². The van der Waals surface area contributed by atoms with Gasteiger partial charge in [0, 0.05) is 50.6 Å². The number of hydrogen-bond acceptors (Lipinski definition) is 4. The normalized spacial score (nSPS) is 21.5. The number of hydrogen-bond donors (Lipinski definition) is 2. The second-order valence-corrected chi connectivity index (χ2v) is 7.02. The second-order valence-electron chi connectivity index (χ2n) is 7.02. The molecule has 0 aromatic carbocycles. The number of carbonyl (C=O) groups is 1. The van der Waals surface area contributed by atoms with Gasteiger partial charge in [0.15, 0.2) is 0 Å². The molecule has 0 saturated carbocycles. The van der Waals surface area contributed by atoms with E-state index in [4.69, 9.17) is 4.74 Å². The lowest BCUT2D eigenvalue weighted by Gasteiger charge is -2.35. The number of piperazine rings is 1. The van der Waals surface area contributed by atoms with E-state index in [2.05, 4.69) is 15.2 Å². The number of H-pyrrole nitrogens is 1. The van der Waals surface area contributed by atoms with E-state index in [-0.39, 0.29) is 18.1 Å². The summed E-state index contributed by atoms with van der Waals surface area (Å²) < 4.78 is 5.68. The molecule has 0 aliphatic carbocycles. The molecule has 1 atom stereocenters. The minimum atomic E-state index is -0.126. The SMILES string of the molecule is Cc1cc(C)c(CNC(=O)N2CCN(C[C@H]3CCCO3)CC2)c(=O)[nH]1. The fraction of sp³-hybridized carbons (Fsp3) is 0.667. The number of nitrogens with one attached hydrogen (secondary N) is 2. The number of urea groups is 1. The molecular weight excluding hydrogens is 320 g/mol. The summed E-state index contributed by atoms with van der Waals surface area (Å²) >= 11 is 0. The van der Waals surface area contributed by atoms with Crippen molar-refractivity contribution in [3.63, 3.8) is 0 Å². The number of carbonyl (C=O) groups excluding carboxylic acids is 1. The maximum atomic E-state index is 12.4. The summed E-state index contributed by atoms with van der Waals surface area (Å²) in [7, 11) is 0. The van der Waals surface area contributed by atoms with E-state index in [0.29, 0.717) is 24.8 Å². The van der Waals surface area contributed by atoms with Gasteiger partial charge < -0.3 is 19.9 Å². The fourth-order valence-electron chi connectivity index (χ4n) is 3.59. The summed E-state index contributed by atoms with van der Waals surface area (Å²) in [6, 6.07) is 1.82. The Hall–Kier alpha value is -1.86. The third-order valence-corrected chi connectivity index (χ3v) is 5.06. The van der Waals surface area contributed by atoms with E-state index < -0.39 is 0 Å². The standard InChI is InChI=1S/C18H28N4O3/c1-13-10-14(2)20-17(23)16(13)11-19-18(24)22-7-5-21(6-8-22)12-15-4-3-9-25-15/h10,15H,3-9,11-12H2,1-2H3,(H,19,24)(H,20,23)/t15-/m1/s1. The van der Waals surface area contributed by atoms with Crippen molar-refractivity contribution in [2.24, 2.45) is 0 Å². The van der Waals surface area contributed by atoms with Crippen molar-refractivity contribution in [2.45, 2.75) is 39.3 Å². The van der Waals surface area contributed by atoms with Gasteiger partial charge in [-0.1, -0.05) is 0 Å². The third-order valence-electron chi connectivity index (χ3n) is 5.06. The summed E-state index contributed by atoms with van der Waals surface area (Å²) in [6.45, 7) is 9.02. The van der Waals surface area contributed by atoms with E-state index in [0.717, 1.165) is 50.3 Å². The van der Waals surface area contributed by atoms with Crippen LogP contribution in [0.5, 0.6) is 0 Å². The van der Waals surface area contributed by atoms with E-state index in [1.165, 1.54) is 0 Å². The van der Waals surface area contributed by atoms with Gasteiger partial charge >= 0.3 is 6.03 Å². The van der Waals surface area contributed by atoms with Gasteiger partial charge in [-0.15, -0.1) is 0 Å². The Kier molecular flexibility index (Phi) is 5.75. The summed E-state index contributed by atoms with van der Waals surface area (Å²) in [4.78, 5) is 31.4. The van der Waals surface area contributed by atoms with Crippen molar-refractivity contribution in [1.82, 2.24) is 20.1 Å². The van der Waals surface area contributed by atoms with Crippen molar-refractivity contribution in [1.29, 1.82) is 0 Å². The molecule has 1 aromatic rings. The van der Waals surface area contributed by atoms with Crippen LogP contribution in [0, 0.1) is 13.8 Å². The molecular formula is C18H28N4O3. The van der Waals surface area contributed by atoms with Gasteiger partial charge in [-0.3, -0.25) is 9.69 Å². The van der Waals surface area contributed by atoms with Crippen molar-refractivity contribution in [3.8, 4) is 0 Å². The molecule has 138 valence electrons. The van der Waals surface area contributed by atoms with Crippen LogP contribution in [0.2, 0.25) is 0 Å². The molecule has 1 aromatic heterocycles. The van der Waals surface area contributed by atoms with Crippen LogP contribution >= 0.6 is 0 Å². The first-order chi connectivity index (χ1) is 12.0. The zero-order valence-corrected chi connectivity index (χ0v) is 15.1. The van der Waals surface area contributed by atoms with Crippen LogP contribution in [-0.2, 0) is 11.3 Å². The monoisotopic (exact) mass is 348 g/mol. The second kappa shape index (κ2) is 8.01. The zero-order chi connectivity index (χ0) is 17.8. The Morgan fingerprint density at radius 3 is 2.72 bits per heavy atom. The predicted molar refractivity (Wildman–Crippen MR) is 95.8 cm³/mol. The molecule has 0 bridgehead atoms. The van der Waals surface area contributed by atoms with Crippen LogP contribution in [0.25, 0.3) is 0 Å². The van der Waals surface area contributed by atoms with Crippen molar-refractivity contribution in [2.75, 3.05) is 39.3 Å². The number of aromatic amines is 1. The number of rotatable bonds is 4. The summed E-state index contributed by atoms with van der Waals surface area (Å²) in [5.74, 6) is 0. The smallest absolute Gasteiger partial charge is 0.317 e. The number of ether oxygens (including phenoxy) is 1. The Bertz CT molecular complexity index is 659. The summed E-state index contributed by atoms with van der Waals surface area (Å²) in [5.41, 5.74) is 2.23. The van der Waals surface area contributed by atoms with E-state index in [1.807, 2.05) is 24.8 Å². The van der Waals surface area contributed by atoms with Crippen LogP contribution in [0.4, 0.5) is 4.79 Å². The zero-order valence-electron chi connectivity index (χ0n) is 15.1. The third kappa shape index (κ3) is 4.61. The highest BCUT2D eigenvalue weighted by Crippen LogP contribution is 2.14. The van der Waals surface area contributed by atoms with Crippen LogP contribution in [0.3, 0.4) is 0 Å². The first kappa shape index (κ1) is 17.9. The Morgan fingerprint density at radius 2 is 2.08 bits per heavy atom. The molecule has 25 heavy (non-hydrogen) atoms. The van der Waals surface area contributed by atoms with E-state index in [9.17, 15) is 9.59 Å². The van der Waals surface area contributed by atoms with Gasteiger partial charge in [-0.2, -0.15) is 0 Å². The first-order valence-corrected chi connectivity index (χ1v) is 9.09. The molecule has 0 radical (unpaired) electrons. The molecule has 7 heteroatoms. The minimum absolute atomic E-state index is 0.101. The molecule has 2 saturated heterocycles. The lowest BCUT2D eigenvalue weighted by atomic mass is 10.1. The molecule has 2 aliphatic rings. The minimum Gasteiger partial charge on any atom is -0.377 e. The average molecular weight is 348 g/mol. The van der Waals surface area contributed by atoms with Crippen LogP contribution in [-0.4, -0.2) is 66.2 Å². The number of amides is 2. The van der Waals surface area contributed by atoms with Crippen molar-refractivity contribution >= 4 is 6.03 Å². The molecule has 3 heterocycles. The predicted octanol–water partition coefficient (Wildman–Crippen LogP) is 0.998. The Labute approximate surface area is 148 Å². The molecule has 2 N–H and O–H groups in total. The molecule has 2 aliphatic heterocycles. The lowest BCUT2D eigenvalue weighted by molar-refractivity contribution is 0.0561. The van der Waals surface area contributed by atoms with Crippen LogP contribution < -0.4 is 10.9 Å². The largest absolute Gasteiger partial charge is 0.377 e. The Morgan fingerprint density at radius 1 is 1.32 bits per heavy atom. The van der Waals surface area contributed by atoms with Gasteiger partial charge in [-0.25, -0.2) is 4.79 Å². The maximum absolute atomic E-state index is 12.4. The van der Waals surface area contributed by atoms with Gasteiger partial charge in [0.25, 0.3) is 5.56 Å². The fourth-order valence-corrected chi connectivity index (χ4v) is 3.59. The first-order valence-electron chi connectivity index (χ1n) is 9.09. The number of nitrogens with zero attached hydrogens (tertiary/aromatic N) is 2. The number of aromatic nitrogens is 1. The van der Waals surface area contributed by atoms with Crippen LogP contribution in [0.1, 0.15) is 29.7 Å². The van der Waals surface area contributed by atoms with E-state index in [1.54, 1.807) is 0 Å². The summed E-state index contributed by atoms with van der Waals surface area (Å²) in [5, 5.41) is 2.88. The van der Waals surface area contributed by atoms with Gasteiger partial charge in [0.05, 0.1) is 12.6 Å². The van der Waals surface area contributed by atoms with Crippen molar-refractivity contribution in [3.05, 3.63) is 33.2 Å². The van der Waals surface area contributed by atoms with Gasteiger partial charge in [0.1, 0.15) is 0 Å². The lowest BCUT2D eigenvalue weighted by Crippen LogP contribution is -2.53. The Balaban J connectivity index is 1.46. The van der Waals surface area contributed by atoms with E-state index >= 15 is 0 Å². The average Bonchev–Trinajstić information content (AvgIpc) is 3.07. The highest BCUT2D eigenvalue weighted by atomic mass is 16.5. The highest BCUT2D eigenvalue weighted by Gasteiger charge is 2.24. The topological polar surface area (TPSA) is 77.7 Å². The molecule has 3 rings (SSSR count). The highest BCUT2D eigenvalue weighted by molar-refractivity contribution is 5.74. The van der Waals surface area contributed by atoms with Gasteiger partial charge in [-0.05, 0) is 38.3 Å². The maximum Gasteiger partial charge on any atom is 0.317 e. The molecule has 2 amide bonds. The molecule has 2 fully saturated rings. The summed E-state index contributed by atoms with van der Waals surface area (Å²) in [6.07, 6.45) is 2.66. The molecule has 0 spiro atoms. The molecule has 7 nitrogen and oxygen atoms in total. The van der Waals surface area contributed by atoms with Gasteiger partial charge in [0.2, 0.25) is 0 Å². The number of aryl methyl sites for hydroxylation is 2. The quantitative estimate of drug-likeness (QED) is 0.851. The number of pyridine rings is 1.